The molecule has 1 amide bonds. The van der Waals surface area contributed by atoms with Crippen LogP contribution in [0.1, 0.15) is 31.2 Å². The number of likely N-dealkylation sites (tertiary alicyclic amines) is 1. The second kappa shape index (κ2) is 4.97. The van der Waals surface area contributed by atoms with E-state index in [1.807, 2.05) is 23.1 Å². The van der Waals surface area contributed by atoms with E-state index in [-0.39, 0.29) is 12.0 Å². The molecule has 102 valence electrons. The van der Waals surface area contributed by atoms with Gasteiger partial charge in [-0.05, 0) is 37.2 Å². The molecular weight excluding hydrogens is 238 g/mol. The van der Waals surface area contributed by atoms with E-state index in [2.05, 4.69) is 12.1 Å². The lowest BCUT2D eigenvalue weighted by atomic mass is 9.94. The van der Waals surface area contributed by atoms with Crippen molar-refractivity contribution in [2.24, 2.45) is 5.92 Å². The molecule has 0 radical (unpaired) electrons. The monoisotopic (exact) mass is 259 g/mol. The molecule has 0 spiro atoms. The van der Waals surface area contributed by atoms with E-state index in [0.717, 1.165) is 38.8 Å². The van der Waals surface area contributed by atoms with Crippen LogP contribution in [0.3, 0.4) is 0 Å². The van der Waals surface area contributed by atoms with Crippen LogP contribution in [-0.2, 0) is 10.2 Å². The van der Waals surface area contributed by atoms with E-state index >= 15 is 0 Å². The first kappa shape index (κ1) is 12.7. The number of amides is 1. The van der Waals surface area contributed by atoms with Gasteiger partial charge in [0, 0.05) is 19.7 Å². The Balaban J connectivity index is 1.71. The van der Waals surface area contributed by atoms with Crippen LogP contribution in [0.4, 0.5) is 0 Å². The number of hydrogen-bond acceptors (Lipinski definition) is 2. The molecule has 3 heteroatoms. The molecule has 1 aliphatic heterocycles. The molecule has 1 aliphatic carbocycles. The lowest BCUT2D eigenvalue weighted by molar-refractivity contribution is -0.133. The predicted molar refractivity (Wildman–Crippen MR) is 73.7 cm³/mol. The van der Waals surface area contributed by atoms with Gasteiger partial charge >= 0.3 is 0 Å². The minimum absolute atomic E-state index is 0.227. The van der Waals surface area contributed by atoms with E-state index in [1.54, 1.807) is 0 Å². The Kier molecular flexibility index (Phi) is 3.31. The molecule has 1 aromatic rings. The van der Waals surface area contributed by atoms with Crippen molar-refractivity contribution in [3.63, 3.8) is 0 Å². The van der Waals surface area contributed by atoms with E-state index in [0.29, 0.717) is 11.8 Å². The highest BCUT2D eigenvalue weighted by molar-refractivity contribution is 5.91. The van der Waals surface area contributed by atoms with Crippen molar-refractivity contribution in [2.75, 3.05) is 19.7 Å². The zero-order valence-electron chi connectivity index (χ0n) is 11.2. The molecule has 0 bridgehead atoms. The molecule has 1 saturated heterocycles. The standard InChI is InChI=1S/C16H21NO2/c18-11-7-13-6-10-17(12-13)15(19)16(8-9-16)14-4-2-1-3-5-14/h1-5,13,18H,6-12H2. The van der Waals surface area contributed by atoms with Crippen molar-refractivity contribution >= 4 is 5.91 Å². The summed E-state index contributed by atoms with van der Waals surface area (Å²) in [6, 6.07) is 10.2. The Morgan fingerprint density at radius 3 is 2.68 bits per heavy atom. The molecule has 19 heavy (non-hydrogen) atoms. The second-order valence-electron chi connectivity index (χ2n) is 5.87. The Labute approximate surface area is 114 Å². The number of carbonyl (C=O) groups excluding carboxylic acids is 1. The number of hydrogen-bond donors (Lipinski definition) is 1. The van der Waals surface area contributed by atoms with Crippen LogP contribution in [0.15, 0.2) is 30.3 Å². The Bertz CT molecular complexity index is 453. The maximum Gasteiger partial charge on any atom is 0.233 e. The van der Waals surface area contributed by atoms with Gasteiger partial charge in [-0.15, -0.1) is 0 Å². The maximum atomic E-state index is 12.7. The third kappa shape index (κ3) is 2.27. The van der Waals surface area contributed by atoms with Gasteiger partial charge in [0.25, 0.3) is 0 Å². The minimum atomic E-state index is -0.227. The first-order valence-electron chi connectivity index (χ1n) is 7.22. The number of aliphatic hydroxyl groups is 1. The topological polar surface area (TPSA) is 40.5 Å². The van der Waals surface area contributed by atoms with Crippen LogP contribution >= 0.6 is 0 Å². The first-order chi connectivity index (χ1) is 9.26. The van der Waals surface area contributed by atoms with Crippen molar-refractivity contribution in [3.05, 3.63) is 35.9 Å². The molecule has 1 unspecified atom stereocenters. The number of rotatable bonds is 4. The number of carbonyl (C=O) groups is 1. The molecule has 2 fully saturated rings. The van der Waals surface area contributed by atoms with E-state index in [1.165, 1.54) is 5.56 Å². The number of benzene rings is 1. The summed E-state index contributed by atoms with van der Waals surface area (Å²) < 4.78 is 0. The Morgan fingerprint density at radius 2 is 2.05 bits per heavy atom. The summed E-state index contributed by atoms with van der Waals surface area (Å²) in [6.45, 7) is 1.92. The fraction of sp³-hybridized carbons (Fsp3) is 0.562. The van der Waals surface area contributed by atoms with Gasteiger partial charge in [0.15, 0.2) is 0 Å². The zero-order chi connectivity index (χ0) is 13.3. The fourth-order valence-electron chi connectivity index (χ4n) is 3.25. The van der Waals surface area contributed by atoms with Gasteiger partial charge in [-0.3, -0.25) is 4.79 Å². The van der Waals surface area contributed by atoms with Crippen molar-refractivity contribution in [1.82, 2.24) is 4.90 Å². The minimum Gasteiger partial charge on any atom is -0.396 e. The highest BCUT2D eigenvalue weighted by Gasteiger charge is 2.53. The molecule has 2 aliphatic rings. The molecule has 1 aromatic carbocycles. The molecule has 1 saturated carbocycles. The van der Waals surface area contributed by atoms with Crippen molar-refractivity contribution < 1.29 is 9.90 Å². The van der Waals surface area contributed by atoms with E-state index in [9.17, 15) is 4.79 Å². The normalized spacial score (nSPS) is 24.5. The largest absolute Gasteiger partial charge is 0.396 e. The third-order valence-electron chi connectivity index (χ3n) is 4.60. The number of aliphatic hydroxyl groups excluding tert-OH is 1. The lowest BCUT2D eigenvalue weighted by Gasteiger charge is -2.23. The van der Waals surface area contributed by atoms with Crippen molar-refractivity contribution in [1.29, 1.82) is 0 Å². The highest BCUT2D eigenvalue weighted by Crippen LogP contribution is 2.50. The SMILES string of the molecule is O=C(N1CCC(CCO)C1)C1(c2ccccc2)CC1. The van der Waals surface area contributed by atoms with E-state index < -0.39 is 0 Å². The summed E-state index contributed by atoms with van der Waals surface area (Å²) in [7, 11) is 0. The fourth-order valence-corrected chi connectivity index (χ4v) is 3.25. The smallest absolute Gasteiger partial charge is 0.233 e. The molecular formula is C16H21NO2. The second-order valence-corrected chi connectivity index (χ2v) is 5.87. The Morgan fingerprint density at radius 1 is 1.32 bits per heavy atom. The first-order valence-corrected chi connectivity index (χ1v) is 7.22. The van der Waals surface area contributed by atoms with Crippen LogP contribution < -0.4 is 0 Å². The molecule has 3 rings (SSSR count). The molecule has 3 nitrogen and oxygen atoms in total. The highest BCUT2D eigenvalue weighted by atomic mass is 16.3. The van der Waals surface area contributed by atoms with Gasteiger partial charge in [0.2, 0.25) is 5.91 Å². The molecule has 1 N–H and O–H groups in total. The van der Waals surface area contributed by atoms with Gasteiger partial charge in [-0.25, -0.2) is 0 Å². The maximum absolute atomic E-state index is 12.7. The van der Waals surface area contributed by atoms with Gasteiger partial charge in [0.1, 0.15) is 0 Å². The van der Waals surface area contributed by atoms with Crippen LogP contribution in [0.5, 0.6) is 0 Å². The Hall–Kier alpha value is -1.35. The van der Waals surface area contributed by atoms with Crippen molar-refractivity contribution in [3.8, 4) is 0 Å². The molecule has 1 heterocycles. The summed E-state index contributed by atoms with van der Waals surface area (Å²) in [5.41, 5.74) is 0.945. The summed E-state index contributed by atoms with van der Waals surface area (Å²) in [4.78, 5) is 14.8. The van der Waals surface area contributed by atoms with Gasteiger partial charge in [-0.2, -0.15) is 0 Å². The van der Waals surface area contributed by atoms with Gasteiger partial charge in [0.05, 0.1) is 5.41 Å². The van der Waals surface area contributed by atoms with Crippen LogP contribution in [0, 0.1) is 5.92 Å². The summed E-state index contributed by atoms with van der Waals surface area (Å²) in [5.74, 6) is 0.791. The summed E-state index contributed by atoms with van der Waals surface area (Å²) in [5, 5.41) is 9.00. The zero-order valence-corrected chi connectivity index (χ0v) is 11.2. The van der Waals surface area contributed by atoms with Gasteiger partial charge < -0.3 is 10.0 Å². The number of nitrogens with zero attached hydrogens (tertiary/aromatic N) is 1. The summed E-state index contributed by atoms with van der Waals surface area (Å²) >= 11 is 0. The quantitative estimate of drug-likeness (QED) is 0.898. The van der Waals surface area contributed by atoms with E-state index in [4.69, 9.17) is 5.11 Å². The molecule has 0 aromatic heterocycles. The van der Waals surface area contributed by atoms with Crippen LogP contribution in [0.25, 0.3) is 0 Å². The van der Waals surface area contributed by atoms with Crippen LogP contribution in [0.2, 0.25) is 0 Å². The predicted octanol–water partition coefficient (Wildman–Crippen LogP) is 1.95. The average molecular weight is 259 g/mol. The van der Waals surface area contributed by atoms with Gasteiger partial charge in [-0.1, -0.05) is 30.3 Å². The van der Waals surface area contributed by atoms with Crippen LogP contribution in [-0.4, -0.2) is 35.6 Å². The molecule has 1 atom stereocenters. The third-order valence-corrected chi connectivity index (χ3v) is 4.60. The lowest BCUT2D eigenvalue weighted by Crippen LogP contribution is -2.37. The summed E-state index contributed by atoms with van der Waals surface area (Å²) in [6.07, 6.45) is 3.83. The van der Waals surface area contributed by atoms with Crippen molar-refractivity contribution in [2.45, 2.75) is 31.1 Å². The average Bonchev–Trinajstić information content (AvgIpc) is 3.14.